The molecule has 1 aromatic heterocycles. The molecule has 2 aromatic carbocycles. The van der Waals surface area contributed by atoms with E-state index >= 15 is 0 Å². The summed E-state index contributed by atoms with van der Waals surface area (Å²) in [5, 5.41) is 14.0. The summed E-state index contributed by atoms with van der Waals surface area (Å²) in [7, 11) is 0. The number of carbonyl (C=O) groups is 2. The van der Waals surface area contributed by atoms with Gasteiger partial charge in [0.05, 0.1) is 22.5 Å². The third-order valence-electron chi connectivity index (χ3n) is 3.88. The van der Waals surface area contributed by atoms with Gasteiger partial charge in [-0.15, -0.1) is 11.3 Å². The highest BCUT2D eigenvalue weighted by molar-refractivity contribution is 7.13. The van der Waals surface area contributed by atoms with Gasteiger partial charge in [0.2, 0.25) is 0 Å². The highest BCUT2D eigenvalue weighted by atomic mass is 35.5. The lowest BCUT2D eigenvalue weighted by atomic mass is 10.0. The summed E-state index contributed by atoms with van der Waals surface area (Å²) < 4.78 is 13.9. The standard InChI is InChI=1S/C19H13Cl2FN2O3S/c20-12-6-3-5-11(17(12)21)14(8-16(25)26)23-18(27)15-9-28-19(24-15)10-4-1-2-7-13(10)22/h1-7,9,14H,8H2,(H,23,27)(H,25,26). The maximum atomic E-state index is 13.9. The van der Waals surface area contributed by atoms with E-state index in [2.05, 4.69) is 10.3 Å². The Morgan fingerprint density at radius 3 is 2.64 bits per heavy atom. The van der Waals surface area contributed by atoms with Crippen LogP contribution in [0.15, 0.2) is 47.8 Å². The molecule has 1 unspecified atom stereocenters. The van der Waals surface area contributed by atoms with Crippen LogP contribution in [-0.2, 0) is 4.79 Å². The molecule has 1 heterocycles. The third-order valence-corrected chi connectivity index (χ3v) is 5.59. The van der Waals surface area contributed by atoms with Crippen LogP contribution < -0.4 is 5.32 Å². The molecule has 5 nitrogen and oxygen atoms in total. The van der Waals surface area contributed by atoms with Crippen LogP contribution in [0.4, 0.5) is 4.39 Å². The average Bonchev–Trinajstić information content (AvgIpc) is 3.13. The maximum Gasteiger partial charge on any atom is 0.305 e. The summed E-state index contributed by atoms with van der Waals surface area (Å²) in [6.45, 7) is 0. The number of nitrogens with zero attached hydrogens (tertiary/aromatic N) is 1. The second-order valence-corrected chi connectivity index (χ2v) is 7.43. The smallest absolute Gasteiger partial charge is 0.305 e. The minimum absolute atomic E-state index is 0.0526. The number of amides is 1. The molecule has 9 heteroatoms. The Morgan fingerprint density at radius 2 is 1.93 bits per heavy atom. The van der Waals surface area contributed by atoms with E-state index in [0.717, 1.165) is 11.3 Å². The van der Waals surface area contributed by atoms with Crippen molar-refractivity contribution in [3.63, 3.8) is 0 Å². The second-order valence-electron chi connectivity index (χ2n) is 5.78. The number of rotatable bonds is 6. The van der Waals surface area contributed by atoms with Crippen LogP contribution in [0.25, 0.3) is 10.6 Å². The molecular weight excluding hydrogens is 426 g/mol. The van der Waals surface area contributed by atoms with Gasteiger partial charge in [-0.1, -0.05) is 47.5 Å². The predicted molar refractivity (Wildman–Crippen MR) is 106 cm³/mol. The number of thiazole rings is 1. The quantitative estimate of drug-likeness (QED) is 0.553. The first-order valence-electron chi connectivity index (χ1n) is 8.04. The van der Waals surface area contributed by atoms with E-state index in [9.17, 15) is 19.1 Å². The Morgan fingerprint density at radius 1 is 1.18 bits per heavy atom. The summed E-state index contributed by atoms with van der Waals surface area (Å²) >= 11 is 13.3. The SMILES string of the molecule is O=C(O)CC(NC(=O)c1csc(-c2ccccc2F)n1)c1cccc(Cl)c1Cl. The van der Waals surface area contributed by atoms with Gasteiger partial charge in [0, 0.05) is 10.9 Å². The number of carboxylic acids is 1. The summed E-state index contributed by atoms with van der Waals surface area (Å²) in [5.74, 6) is -2.16. The number of halogens is 3. The van der Waals surface area contributed by atoms with Gasteiger partial charge in [-0.25, -0.2) is 9.37 Å². The van der Waals surface area contributed by atoms with Crippen LogP contribution in [0, 0.1) is 5.82 Å². The molecule has 0 spiro atoms. The molecule has 0 radical (unpaired) electrons. The van der Waals surface area contributed by atoms with Crippen LogP contribution >= 0.6 is 34.5 Å². The Hall–Kier alpha value is -2.48. The minimum atomic E-state index is -1.12. The van der Waals surface area contributed by atoms with Crippen molar-refractivity contribution >= 4 is 46.4 Å². The molecule has 0 bridgehead atoms. The Bertz CT molecular complexity index is 1040. The van der Waals surface area contributed by atoms with Crippen LogP contribution in [-0.4, -0.2) is 22.0 Å². The van der Waals surface area contributed by atoms with E-state index in [1.807, 2.05) is 0 Å². The monoisotopic (exact) mass is 438 g/mol. The van der Waals surface area contributed by atoms with Crippen molar-refractivity contribution in [3.8, 4) is 10.6 Å². The van der Waals surface area contributed by atoms with Crippen molar-refractivity contribution in [3.05, 3.63) is 75.0 Å². The number of benzene rings is 2. The lowest BCUT2D eigenvalue weighted by Gasteiger charge is -2.18. The largest absolute Gasteiger partial charge is 0.481 e. The highest BCUT2D eigenvalue weighted by Crippen LogP contribution is 2.32. The number of aliphatic carboxylic acids is 1. The summed E-state index contributed by atoms with van der Waals surface area (Å²) in [6.07, 6.45) is -0.393. The highest BCUT2D eigenvalue weighted by Gasteiger charge is 2.23. The molecule has 0 saturated carbocycles. The fraction of sp³-hybridized carbons (Fsp3) is 0.105. The van der Waals surface area contributed by atoms with Crippen molar-refractivity contribution < 1.29 is 19.1 Å². The zero-order valence-corrected chi connectivity index (χ0v) is 16.5. The molecule has 144 valence electrons. The molecule has 2 N–H and O–H groups in total. The Balaban J connectivity index is 1.86. The van der Waals surface area contributed by atoms with E-state index in [1.165, 1.54) is 11.4 Å². The zero-order chi connectivity index (χ0) is 20.3. The summed E-state index contributed by atoms with van der Waals surface area (Å²) in [4.78, 5) is 28.0. The van der Waals surface area contributed by atoms with E-state index in [-0.39, 0.29) is 21.3 Å². The normalized spacial score (nSPS) is 11.8. The van der Waals surface area contributed by atoms with Crippen molar-refractivity contribution in [2.75, 3.05) is 0 Å². The van der Waals surface area contributed by atoms with Crippen molar-refractivity contribution in [1.82, 2.24) is 10.3 Å². The first kappa shape index (κ1) is 20.3. The molecule has 1 atom stereocenters. The molecule has 3 rings (SSSR count). The van der Waals surface area contributed by atoms with Gasteiger partial charge in [-0.05, 0) is 23.8 Å². The van der Waals surface area contributed by atoms with Crippen molar-refractivity contribution in [2.45, 2.75) is 12.5 Å². The third kappa shape index (κ3) is 4.49. The Kier molecular flexibility index (Phi) is 6.28. The van der Waals surface area contributed by atoms with E-state index in [1.54, 1.807) is 36.4 Å². The van der Waals surface area contributed by atoms with Crippen LogP contribution in [0.3, 0.4) is 0 Å². The summed E-state index contributed by atoms with van der Waals surface area (Å²) in [6, 6.07) is 9.96. The molecule has 28 heavy (non-hydrogen) atoms. The van der Waals surface area contributed by atoms with E-state index in [0.29, 0.717) is 10.6 Å². The van der Waals surface area contributed by atoms with Gasteiger partial charge < -0.3 is 10.4 Å². The average molecular weight is 439 g/mol. The van der Waals surface area contributed by atoms with Gasteiger partial charge >= 0.3 is 5.97 Å². The Labute approximate surface area is 173 Å². The fourth-order valence-electron chi connectivity index (χ4n) is 2.57. The molecule has 0 aliphatic heterocycles. The topological polar surface area (TPSA) is 79.3 Å². The molecule has 0 aliphatic carbocycles. The predicted octanol–water partition coefficient (Wildman–Crippen LogP) is 5.20. The number of carboxylic acid groups (broad SMARTS) is 1. The van der Waals surface area contributed by atoms with Crippen molar-refractivity contribution in [1.29, 1.82) is 0 Å². The fourth-order valence-corrected chi connectivity index (χ4v) is 3.84. The van der Waals surface area contributed by atoms with Gasteiger partial charge in [0.1, 0.15) is 16.5 Å². The number of nitrogens with one attached hydrogen (secondary N) is 1. The second kappa shape index (κ2) is 8.68. The first-order chi connectivity index (χ1) is 13.4. The zero-order valence-electron chi connectivity index (χ0n) is 14.2. The maximum absolute atomic E-state index is 13.9. The van der Waals surface area contributed by atoms with Crippen molar-refractivity contribution in [2.24, 2.45) is 0 Å². The molecule has 0 aliphatic rings. The van der Waals surface area contributed by atoms with Gasteiger partial charge in [-0.3, -0.25) is 9.59 Å². The van der Waals surface area contributed by atoms with E-state index in [4.69, 9.17) is 23.2 Å². The van der Waals surface area contributed by atoms with Crippen LogP contribution in [0.1, 0.15) is 28.5 Å². The number of carbonyl (C=O) groups excluding carboxylic acids is 1. The molecule has 0 fully saturated rings. The first-order valence-corrected chi connectivity index (χ1v) is 9.67. The number of hydrogen-bond donors (Lipinski definition) is 2. The van der Waals surface area contributed by atoms with E-state index < -0.39 is 30.2 Å². The molecule has 3 aromatic rings. The van der Waals surface area contributed by atoms with Gasteiger partial charge in [0.15, 0.2) is 0 Å². The molecular formula is C19H13Cl2FN2O3S. The lowest BCUT2D eigenvalue weighted by molar-refractivity contribution is -0.137. The lowest BCUT2D eigenvalue weighted by Crippen LogP contribution is -2.30. The van der Waals surface area contributed by atoms with Crippen LogP contribution in [0.5, 0.6) is 0 Å². The minimum Gasteiger partial charge on any atom is -0.481 e. The number of hydrogen-bond acceptors (Lipinski definition) is 4. The molecule has 1 amide bonds. The molecule has 0 saturated heterocycles. The van der Waals surface area contributed by atoms with Gasteiger partial charge in [0.25, 0.3) is 5.91 Å². The number of aromatic nitrogens is 1. The summed E-state index contributed by atoms with van der Waals surface area (Å²) in [5.41, 5.74) is 0.720. The van der Waals surface area contributed by atoms with Gasteiger partial charge in [-0.2, -0.15) is 0 Å². The van der Waals surface area contributed by atoms with Crippen LogP contribution in [0.2, 0.25) is 10.0 Å².